The molecule has 32 heavy (non-hydrogen) atoms. The van der Waals surface area contributed by atoms with E-state index in [0.29, 0.717) is 11.4 Å². The second kappa shape index (κ2) is 12.3. The molecule has 3 N–H and O–H groups in total. The molecule has 0 saturated heterocycles. The zero-order valence-corrected chi connectivity index (χ0v) is 18.4. The predicted molar refractivity (Wildman–Crippen MR) is 126 cm³/mol. The van der Waals surface area contributed by atoms with Crippen molar-refractivity contribution in [2.24, 2.45) is 5.10 Å². The second-order valence-corrected chi connectivity index (χ2v) is 7.60. The number of hydrogen-bond acceptors (Lipinski definition) is 5. The number of phenolic OH excluding ortho intramolecular Hbond substituents is 1. The number of rotatable bonds is 12. The van der Waals surface area contributed by atoms with Crippen molar-refractivity contribution in [3.8, 4) is 22.8 Å². The number of phenols is 1. The minimum Gasteiger partial charge on any atom is -0.508 e. The maximum absolute atomic E-state index is 12.3. The van der Waals surface area contributed by atoms with Crippen LogP contribution in [0.25, 0.3) is 11.3 Å². The summed E-state index contributed by atoms with van der Waals surface area (Å²) in [7, 11) is 0. The van der Waals surface area contributed by atoms with Crippen LogP contribution in [0.1, 0.15) is 61.5 Å². The topological polar surface area (TPSA) is 99.6 Å². The molecular formula is C25H30N4O3. The van der Waals surface area contributed by atoms with Crippen LogP contribution >= 0.6 is 0 Å². The fraction of sp³-hybridized carbons (Fsp3) is 0.320. The molecule has 0 aliphatic heterocycles. The second-order valence-electron chi connectivity index (χ2n) is 7.60. The van der Waals surface area contributed by atoms with Crippen LogP contribution in [-0.2, 0) is 0 Å². The van der Waals surface area contributed by atoms with E-state index < -0.39 is 5.91 Å². The van der Waals surface area contributed by atoms with Crippen molar-refractivity contribution in [3.63, 3.8) is 0 Å². The standard InChI is InChI=1S/C25H30N4O3/c1-2-3-4-5-6-7-16-32-22-14-10-20(11-15-22)23-17-24(28-27-23)25(31)29-26-18-19-8-12-21(30)13-9-19/h8-15,17-18,30H,2-7,16H2,1H3,(H,27,28)(H,29,31). The van der Waals surface area contributed by atoms with E-state index >= 15 is 0 Å². The number of amides is 1. The summed E-state index contributed by atoms with van der Waals surface area (Å²) in [6.07, 6.45) is 8.92. The number of ether oxygens (including phenoxy) is 1. The summed E-state index contributed by atoms with van der Waals surface area (Å²) in [5, 5.41) is 20.2. The van der Waals surface area contributed by atoms with E-state index in [2.05, 4.69) is 27.6 Å². The Labute approximate surface area is 188 Å². The average Bonchev–Trinajstić information content (AvgIpc) is 3.31. The van der Waals surface area contributed by atoms with Crippen LogP contribution in [0.5, 0.6) is 11.5 Å². The first-order valence-electron chi connectivity index (χ1n) is 11.1. The molecule has 0 bridgehead atoms. The highest BCUT2D eigenvalue weighted by Gasteiger charge is 2.10. The Bertz CT molecular complexity index is 995. The molecule has 0 spiro atoms. The number of hydrazone groups is 1. The zero-order chi connectivity index (χ0) is 22.6. The van der Waals surface area contributed by atoms with E-state index in [9.17, 15) is 9.90 Å². The maximum atomic E-state index is 12.3. The highest BCUT2D eigenvalue weighted by Crippen LogP contribution is 2.21. The molecule has 0 saturated carbocycles. The molecule has 3 aromatic rings. The number of aromatic amines is 1. The Morgan fingerprint density at radius 2 is 1.78 bits per heavy atom. The van der Waals surface area contributed by atoms with Gasteiger partial charge in [0.15, 0.2) is 0 Å². The Hall–Kier alpha value is -3.61. The number of nitrogens with one attached hydrogen (secondary N) is 2. The quantitative estimate of drug-likeness (QED) is 0.205. The molecule has 7 nitrogen and oxygen atoms in total. The minimum atomic E-state index is -0.391. The summed E-state index contributed by atoms with van der Waals surface area (Å²) in [6.45, 7) is 2.95. The van der Waals surface area contributed by atoms with Gasteiger partial charge in [0.2, 0.25) is 0 Å². The fourth-order valence-electron chi connectivity index (χ4n) is 3.17. The lowest BCUT2D eigenvalue weighted by Gasteiger charge is -2.06. The largest absolute Gasteiger partial charge is 0.508 e. The summed E-state index contributed by atoms with van der Waals surface area (Å²) in [5.41, 5.74) is 5.08. The van der Waals surface area contributed by atoms with Crippen molar-refractivity contribution < 1.29 is 14.6 Å². The third-order valence-electron chi connectivity index (χ3n) is 5.01. The lowest BCUT2D eigenvalue weighted by Crippen LogP contribution is -2.17. The van der Waals surface area contributed by atoms with Crippen molar-refractivity contribution >= 4 is 12.1 Å². The van der Waals surface area contributed by atoms with Crippen LogP contribution in [0.4, 0.5) is 0 Å². The maximum Gasteiger partial charge on any atom is 0.289 e. The van der Waals surface area contributed by atoms with Crippen LogP contribution < -0.4 is 10.2 Å². The van der Waals surface area contributed by atoms with E-state index in [1.807, 2.05) is 24.3 Å². The number of benzene rings is 2. The predicted octanol–water partition coefficient (Wildman–Crippen LogP) is 5.29. The molecule has 0 atom stereocenters. The Kier molecular flexibility index (Phi) is 8.86. The Balaban J connectivity index is 1.46. The van der Waals surface area contributed by atoms with Crippen LogP contribution in [-0.4, -0.2) is 34.0 Å². The number of aromatic hydroxyl groups is 1. The van der Waals surface area contributed by atoms with Crippen molar-refractivity contribution in [1.82, 2.24) is 15.6 Å². The van der Waals surface area contributed by atoms with Crippen molar-refractivity contribution in [2.45, 2.75) is 45.4 Å². The molecule has 0 aliphatic rings. The van der Waals surface area contributed by atoms with Crippen LogP contribution in [0, 0.1) is 0 Å². The Morgan fingerprint density at radius 3 is 2.53 bits per heavy atom. The van der Waals surface area contributed by atoms with Gasteiger partial charge in [0, 0.05) is 5.56 Å². The number of unbranched alkanes of at least 4 members (excludes halogenated alkanes) is 5. The van der Waals surface area contributed by atoms with Gasteiger partial charge in [-0.3, -0.25) is 9.89 Å². The van der Waals surface area contributed by atoms with E-state index in [1.165, 1.54) is 38.3 Å². The average molecular weight is 435 g/mol. The van der Waals surface area contributed by atoms with E-state index in [0.717, 1.165) is 29.9 Å². The van der Waals surface area contributed by atoms with Gasteiger partial charge in [-0.05, 0) is 66.6 Å². The highest BCUT2D eigenvalue weighted by molar-refractivity contribution is 5.94. The molecule has 2 aromatic carbocycles. The number of hydrogen-bond donors (Lipinski definition) is 3. The fourth-order valence-corrected chi connectivity index (χ4v) is 3.17. The first-order valence-corrected chi connectivity index (χ1v) is 11.1. The SMILES string of the molecule is CCCCCCCCOc1ccc(-c2cc(C(=O)NN=Cc3ccc(O)cc3)[nH]n2)cc1. The molecule has 0 aliphatic carbocycles. The van der Waals surface area contributed by atoms with Gasteiger partial charge in [0.1, 0.15) is 17.2 Å². The lowest BCUT2D eigenvalue weighted by molar-refractivity contribution is 0.0950. The van der Waals surface area contributed by atoms with E-state index in [4.69, 9.17) is 4.74 Å². The molecule has 0 fully saturated rings. The van der Waals surface area contributed by atoms with Crippen molar-refractivity contribution in [2.75, 3.05) is 6.61 Å². The van der Waals surface area contributed by atoms with Crippen LogP contribution in [0.3, 0.4) is 0 Å². The van der Waals surface area contributed by atoms with E-state index in [-0.39, 0.29) is 5.75 Å². The minimum absolute atomic E-state index is 0.175. The molecule has 1 aromatic heterocycles. The van der Waals surface area contributed by atoms with Gasteiger partial charge in [0.05, 0.1) is 18.5 Å². The summed E-state index contributed by atoms with van der Waals surface area (Å²) < 4.78 is 5.81. The molecule has 0 radical (unpaired) electrons. The third-order valence-corrected chi connectivity index (χ3v) is 5.01. The summed E-state index contributed by atoms with van der Waals surface area (Å²) >= 11 is 0. The lowest BCUT2D eigenvalue weighted by atomic mass is 10.1. The number of aromatic nitrogens is 2. The number of H-pyrrole nitrogens is 1. The summed E-state index contributed by atoms with van der Waals surface area (Å²) in [4.78, 5) is 12.3. The molecular weight excluding hydrogens is 404 g/mol. The number of nitrogens with zero attached hydrogens (tertiary/aromatic N) is 2. The number of carbonyl (C=O) groups excluding carboxylic acids is 1. The highest BCUT2D eigenvalue weighted by atomic mass is 16.5. The molecule has 1 amide bonds. The van der Waals surface area contributed by atoms with Gasteiger partial charge in [-0.2, -0.15) is 10.2 Å². The third kappa shape index (κ3) is 7.27. The monoisotopic (exact) mass is 434 g/mol. The molecule has 7 heteroatoms. The molecule has 0 unspecified atom stereocenters. The first kappa shape index (κ1) is 23.1. The van der Waals surface area contributed by atoms with Gasteiger partial charge in [-0.25, -0.2) is 5.43 Å². The molecule has 168 valence electrons. The van der Waals surface area contributed by atoms with Crippen LogP contribution in [0.15, 0.2) is 59.7 Å². The van der Waals surface area contributed by atoms with Gasteiger partial charge in [0.25, 0.3) is 5.91 Å². The Morgan fingerprint density at radius 1 is 1.06 bits per heavy atom. The van der Waals surface area contributed by atoms with Gasteiger partial charge in [-0.1, -0.05) is 39.0 Å². The van der Waals surface area contributed by atoms with Crippen molar-refractivity contribution in [3.05, 3.63) is 65.9 Å². The zero-order valence-electron chi connectivity index (χ0n) is 18.4. The smallest absolute Gasteiger partial charge is 0.289 e. The first-order chi connectivity index (χ1) is 15.7. The number of carbonyl (C=O) groups is 1. The van der Waals surface area contributed by atoms with Gasteiger partial charge >= 0.3 is 0 Å². The van der Waals surface area contributed by atoms with Crippen molar-refractivity contribution in [1.29, 1.82) is 0 Å². The molecule has 3 rings (SSSR count). The van der Waals surface area contributed by atoms with Gasteiger partial charge < -0.3 is 9.84 Å². The normalized spacial score (nSPS) is 11.0. The van der Waals surface area contributed by atoms with Crippen LogP contribution in [0.2, 0.25) is 0 Å². The van der Waals surface area contributed by atoms with Gasteiger partial charge in [-0.15, -0.1) is 0 Å². The van der Waals surface area contributed by atoms with E-state index in [1.54, 1.807) is 30.3 Å². The molecule has 1 heterocycles. The summed E-state index contributed by atoms with van der Waals surface area (Å²) in [5.74, 6) is 0.616. The summed E-state index contributed by atoms with van der Waals surface area (Å²) in [6, 6.07) is 15.9.